The first-order chi connectivity index (χ1) is 20.2. The second kappa shape index (κ2) is 12.5. The maximum absolute atomic E-state index is 15.3. The molecule has 0 bridgehead atoms. The second-order valence-electron chi connectivity index (χ2n) is 10.9. The molecular weight excluding hydrogens is 545 g/mol. The fraction of sp³-hybridized carbons (Fsp3) is 0.375. The van der Waals surface area contributed by atoms with Crippen LogP contribution >= 0.6 is 0 Å². The van der Waals surface area contributed by atoms with E-state index >= 15 is 4.39 Å². The molecule has 1 aromatic heterocycles. The molecule has 0 saturated carbocycles. The Bertz CT molecular complexity index is 1420. The molecule has 0 radical (unpaired) electrons. The number of hydrogen-bond acceptors (Lipinski definition) is 5. The largest absolute Gasteiger partial charge is 0.481 e. The number of carbonyl (C=O) groups is 1. The van der Waals surface area contributed by atoms with Gasteiger partial charge in [-0.2, -0.15) is 0 Å². The highest BCUT2D eigenvalue weighted by molar-refractivity contribution is 5.83. The molecule has 5 rings (SSSR count). The molecule has 7 nitrogen and oxygen atoms in total. The van der Waals surface area contributed by atoms with Gasteiger partial charge in [-0.05, 0) is 47.4 Å². The number of pyridine rings is 1. The van der Waals surface area contributed by atoms with Crippen LogP contribution in [0.2, 0.25) is 0 Å². The van der Waals surface area contributed by atoms with E-state index in [9.17, 15) is 18.7 Å². The topological polar surface area (TPSA) is 69.1 Å². The molecule has 3 atom stereocenters. The number of ether oxygens (including phenoxy) is 1. The summed E-state index contributed by atoms with van der Waals surface area (Å²) in [4.78, 5) is 23.4. The number of rotatable bonds is 7. The quantitative estimate of drug-likeness (QED) is 0.426. The lowest BCUT2D eigenvalue weighted by atomic mass is 9.89. The minimum atomic E-state index is -1.31. The Morgan fingerprint density at radius 2 is 1.95 bits per heavy atom. The van der Waals surface area contributed by atoms with E-state index < -0.39 is 42.0 Å². The van der Waals surface area contributed by atoms with Crippen LogP contribution in [0.15, 0.2) is 72.9 Å². The van der Waals surface area contributed by atoms with Crippen LogP contribution in [0.3, 0.4) is 0 Å². The van der Waals surface area contributed by atoms with Gasteiger partial charge in [-0.25, -0.2) is 22.9 Å². The van der Waals surface area contributed by atoms with Crippen LogP contribution in [-0.4, -0.2) is 83.4 Å². The normalized spacial score (nSPS) is 22.9. The first kappa shape index (κ1) is 29.6. The van der Waals surface area contributed by atoms with E-state index in [0.29, 0.717) is 36.5 Å². The number of likely N-dealkylation sites (tertiary alicyclic amines) is 1. The van der Waals surface area contributed by atoms with Crippen molar-refractivity contribution < 1.29 is 27.8 Å². The number of methoxy groups -OCH3 is 1. The van der Waals surface area contributed by atoms with Crippen molar-refractivity contribution in [2.45, 2.75) is 37.1 Å². The lowest BCUT2D eigenvalue weighted by molar-refractivity contribution is 0.0758. The fourth-order valence-electron chi connectivity index (χ4n) is 5.97. The van der Waals surface area contributed by atoms with Gasteiger partial charge in [0, 0.05) is 63.5 Å². The Kier molecular flexibility index (Phi) is 8.84. The summed E-state index contributed by atoms with van der Waals surface area (Å²) in [6.45, 7) is 0.778. The molecule has 2 amide bonds. The average Bonchev–Trinajstić information content (AvgIpc) is 3.31. The summed E-state index contributed by atoms with van der Waals surface area (Å²) in [5.74, 6) is -0.723. The highest BCUT2D eigenvalue weighted by Crippen LogP contribution is 2.41. The van der Waals surface area contributed by atoms with Crippen LogP contribution < -0.4 is 4.74 Å². The summed E-state index contributed by atoms with van der Waals surface area (Å²) in [7, 11) is 3.18. The predicted molar refractivity (Wildman–Crippen MR) is 153 cm³/mol. The highest BCUT2D eigenvalue weighted by Gasteiger charge is 2.46. The van der Waals surface area contributed by atoms with Gasteiger partial charge >= 0.3 is 6.03 Å². The number of alkyl halides is 1. The third-order valence-electron chi connectivity index (χ3n) is 8.27. The van der Waals surface area contributed by atoms with Gasteiger partial charge in [0.15, 0.2) is 0 Å². The van der Waals surface area contributed by atoms with Gasteiger partial charge in [-0.15, -0.1) is 0 Å². The number of hydrogen-bond donors (Lipinski definition) is 1. The zero-order valence-corrected chi connectivity index (χ0v) is 23.7. The van der Waals surface area contributed by atoms with Crippen LogP contribution in [-0.2, 0) is 12.1 Å². The summed E-state index contributed by atoms with van der Waals surface area (Å²) in [5, 5.41) is 10.8. The number of urea groups is 1. The molecule has 2 aliphatic heterocycles. The molecule has 10 heteroatoms. The number of aliphatic hydroxyl groups excluding tert-OH is 1. The van der Waals surface area contributed by atoms with E-state index in [0.717, 1.165) is 23.8 Å². The van der Waals surface area contributed by atoms with Gasteiger partial charge in [0.25, 0.3) is 0 Å². The van der Waals surface area contributed by atoms with Gasteiger partial charge in [-0.1, -0.05) is 36.4 Å². The van der Waals surface area contributed by atoms with Crippen molar-refractivity contribution in [1.29, 1.82) is 0 Å². The van der Waals surface area contributed by atoms with E-state index in [2.05, 4.69) is 4.98 Å². The van der Waals surface area contributed by atoms with Crippen molar-refractivity contribution in [3.63, 3.8) is 0 Å². The summed E-state index contributed by atoms with van der Waals surface area (Å²) in [6.07, 6.45) is 2.88. The Morgan fingerprint density at radius 3 is 2.64 bits per heavy atom. The van der Waals surface area contributed by atoms with Gasteiger partial charge in [0.2, 0.25) is 5.88 Å². The third kappa shape index (κ3) is 6.00. The number of amides is 2. The SMILES string of the molecule is COc1ccc(CN2CCC(N(C)C(=O)N3CC(c4cc(F)ccc4F)=C[C@@]3(CO)c3ccccc3)CC(F)C2)cn1. The van der Waals surface area contributed by atoms with E-state index in [4.69, 9.17) is 4.74 Å². The summed E-state index contributed by atoms with van der Waals surface area (Å²) in [5.41, 5.74) is 0.665. The van der Waals surface area contributed by atoms with Gasteiger partial charge < -0.3 is 19.6 Å². The Labute approximate surface area is 243 Å². The second-order valence-corrected chi connectivity index (χ2v) is 10.9. The first-order valence-corrected chi connectivity index (χ1v) is 14.0. The standard InChI is InChI=1S/C32H35F3N4O3/c1-37(27-12-13-38(20-26(34)14-27)18-22-8-11-30(42-2)36-17-22)31(41)39-19-23(28-15-25(33)9-10-29(28)35)16-32(39,21-40)24-6-4-3-5-7-24/h3-11,15-17,26-27,40H,12-14,18-21H2,1-2H3/t26?,27?,32-/m1/s1. The Hall–Kier alpha value is -3.89. The zero-order valence-electron chi connectivity index (χ0n) is 23.7. The number of aliphatic hydroxyl groups is 1. The lowest BCUT2D eigenvalue weighted by Crippen LogP contribution is -2.54. The lowest BCUT2D eigenvalue weighted by Gasteiger charge is -2.41. The monoisotopic (exact) mass is 580 g/mol. The summed E-state index contributed by atoms with van der Waals surface area (Å²) >= 11 is 0. The maximum atomic E-state index is 15.3. The molecule has 0 aliphatic carbocycles. The molecule has 1 fully saturated rings. The van der Waals surface area contributed by atoms with Crippen molar-refractivity contribution >= 4 is 11.6 Å². The Balaban J connectivity index is 1.38. The van der Waals surface area contributed by atoms with Crippen LogP contribution in [0.1, 0.15) is 29.5 Å². The van der Waals surface area contributed by atoms with Gasteiger partial charge in [0.1, 0.15) is 23.3 Å². The third-order valence-corrected chi connectivity index (χ3v) is 8.27. The van der Waals surface area contributed by atoms with Crippen LogP contribution in [0.5, 0.6) is 5.88 Å². The molecule has 0 spiro atoms. The molecule has 3 heterocycles. The van der Waals surface area contributed by atoms with Crippen LogP contribution in [0, 0.1) is 11.6 Å². The molecule has 222 valence electrons. The number of nitrogens with zero attached hydrogens (tertiary/aromatic N) is 4. The van der Waals surface area contributed by atoms with E-state index in [1.54, 1.807) is 56.8 Å². The van der Waals surface area contributed by atoms with Gasteiger partial charge in [0.05, 0.1) is 13.7 Å². The maximum Gasteiger partial charge on any atom is 0.321 e. The minimum absolute atomic E-state index is 0.0312. The molecule has 2 unspecified atom stereocenters. The van der Waals surface area contributed by atoms with Crippen molar-refractivity contribution in [3.05, 3.63) is 101 Å². The number of carbonyl (C=O) groups excluding carboxylic acids is 1. The zero-order chi connectivity index (χ0) is 29.9. The summed E-state index contributed by atoms with van der Waals surface area (Å²) in [6, 6.07) is 15.0. The molecule has 3 aromatic rings. The molecule has 1 N–H and O–H groups in total. The molecule has 42 heavy (non-hydrogen) atoms. The fourth-order valence-corrected chi connectivity index (χ4v) is 5.97. The molecule has 2 aliphatic rings. The highest BCUT2D eigenvalue weighted by atomic mass is 19.1. The molecule has 2 aromatic carbocycles. The number of aromatic nitrogens is 1. The first-order valence-electron chi connectivity index (χ1n) is 14.0. The molecular formula is C32H35F3N4O3. The minimum Gasteiger partial charge on any atom is -0.481 e. The van der Waals surface area contributed by atoms with Crippen LogP contribution in [0.25, 0.3) is 5.57 Å². The summed E-state index contributed by atoms with van der Waals surface area (Å²) < 4.78 is 49.3. The van der Waals surface area contributed by atoms with E-state index in [1.807, 2.05) is 17.0 Å². The van der Waals surface area contributed by atoms with E-state index in [1.165, 1.54) is 9.80 Å². The molecule has 1 saturated heterocycles. The van der Waals surface area contributed by atoms with Crippen molar-refractivity contribution in [2.75, 3.05) is 40.4 Å². The van der Waals surface area contributed by atoms with Crippen molar-refractivity contribution in [3.8, 4) is 5.88 Å². The number of benzene rings is 2. The van der Waals surface area contributed by atoms with Crippen molar-refractivity contribution in [2.24, 2.45) is 0 Å². The van der Waals surface area contributed by atoms with E-state index in [-0.39, 0.29) is 25.1 Å². The number of halogens is 3. The smallest absolute Gasteiger partial charge is 0.321 e. The van der Waals surface area contributed by atoms with Gasteiger partial charge in [-0.3, -0.25) is 4.90 Å². The Morgan fingerprint density at radius 1 is 1.17 bits per heavy atom. The van der Waals surface area contributed by atoms with Crippen molar-refractivity contribution in [1.82, 2.24) is 19.7 Å². The van der Waals surface area contributed by atoms with Crippen LogP contribution in [0.4, 0.5) is 18.0 Å². The predicted octanol–water partition coefficient (Wildman–Crippen LogP) is 5.01. The average molecular weight is 581 g/mol.